The zero-order valence-electron chi connectivity index (χ0n) is 19.4. The number of nitrogens with zero attached hydrogens (tertiary/aromatic N) is 3. The van der Waals surface area contributed by atoms with Gasteiger partial charge in [-0.15, -0.1) is 0 Å². The molecule has 31 heavy (non-hydrogen) atoms. The number of carbonyl (C=O) groups excluding carboxylic acids is 1. The number of rotatable bonds is 5. The fourth-order valence-electron chi connectivity index (χ4n) is 6.26. The third kappa shape index (κ3) is 3.72. The van der Waals surface area contributed by atoms with E-state index in [2.05, 4.69) is 25.7 Å². The summed E-state index contributed by atoms with van der Waals surface area (Å²) in [5.74, 6) is 0.851. The molecule has 1 aromatic rings. The van der Waals surface area contributed by atoms with Crippen LogP contribution in [0.2, 0.25) is 0 Å². The molecule has 1 atom stereocenters. The first kappa shape index (κ1) is 22.7. The minimum absolute atomic E-state index is 0.123. The van der Waals surface area contributed by atoms with Crippen molar-refractivity contribution in [2.75, 3.05) is 45.8 Å². The van der Waals surface area contributed by atoms with E-state index in [4.69, 9.17) is 0 Å². The monoisotopic (exact) mass is 447 g/mol. The maximum absolute atomic E-state index is 13.6. The molecule has 2 spiro atoms. The summed E-state index contributed by atoms with van der Waals surface area (Å²) in [7, 11) is -3.50. The molecule has 1 amide bonds. The van der Waals surface area contributed by atoms with Gasteiger partial charge in [-0.2, -0.15) is 4.31 Å². The van der Waals surface area contributed by atoms with Crippen LogP contribution in [-0.4, -0.2) is 74.2 Å². The van der Waals surface area contributed by atoms with E-state index in [0.29, 0.717) is 29.8 Å². The van der Waals surface area contributed by atoms with Crippen molar-refractivity contribution >= 4 is 15.9 Å². The number of hydrogen-bond acceptors (Lipinski definition) is 4. The highest BCUT2D eigenvalue weighted by atomic mass is 32.2. The maximum atomic E-state index is 13.6. The molecule has 0 aromatic heterocycles. The Hall–Kier alpha value is -1.44. The van der Waals surface area contributed by atoms with Crippen LogP contribution < -0.4 is 0 Å². The van der Waals surface area contributed by atoms with Gasteiger partial charge in [0.25, 0.3) is 0 Å². The number of fused-ring (bicyclic) bond motifs is 1. The van der Waals surface area contributed by atoms with Crippen molar-refractivity contribution in [3.63, 3.8) is 0 Å². The molecule has 0 radical (unpaired) electrons. The van der Waals surface area contributed by atoms with Gasteiger partial charge < -0.3 is 9.80 Å². The lowest BCUT2D eigenvalue weighted by molar-refractivity contribution is -0.141. The molecular formula is C24H37N3O3S. The number of hydrogen-bond donors (Lipinski definition) is 0. The van der Waals surface area contributed by atoms with Gasteiger partial charge in [0, 0.05) is 51.2 Å². The van der Waals surface area contributed by atoms with Gasteiger partial charge in [-0.3, -0.25) is 4.79 Å². The fourth-order valence-corrected chi connectivity index (χ4v) is 7.70. The number of benzene rings is 1. The Morgan fingerprint density at radius 1 is 1.00 bits per heavy atom. The van der Waals surface area contributed by atoms with E-state index in [1.807, 2.05) is 24.0 Å². The van der Waals surface area contributed by atoms with Crippen LogP contribution in [0, 0.1) is 23.7 Å². The lowest BCUT2D eigenvalue weighted by Gasteiger charge is -2.46. The summed E-state index contributed by atoms with van der Waals surface area (Å²) in [6.45, 7) is 13.8. The van der Waals surface area contributed by atoms with Crippen molar-refractivity contribution in [3.8, 4) is 0 Å². The van der Waals surface area contributed by atoms with Crippen LogP contribution in [0.1, 0.15) is 45.6 Å². The standard InChI is InChI=1S/C24H37N3O3S/c1-5-26-13-12-24(22(26)28)18-25(16-19(2)3)17-23(24)10-14-27(15-11-23)31(29,30)21-8-6-20(4)7-9-21/h6-9,19H,5,10-18H2,1-4H3. The van der Waals surface area contributed by atoms with E-state index in [9.17, 15) is 13.2 Å². The van der Waals surface area contributed by atoms with Gasteiger partial charge in [-0.1, -0.05) is 31.5 Å². The Morgan fingerprint density at radius 3 is 2.19 bits per heavy atom. The first-order valence-corrected chi connectivity index (χ1v) is 13.2. The molecule has 3 aliphatic rings. The number of amides is 1. The predicted octanol–water partition coefficient (Wildman–Crippen LogP) is 2.98. The maximum Gasteiger partial charge on any atom is 0.243 e. The highest BCUT2D eigenvalue weighted by Gasteiger charge is 2.65. The van der Waals surface area contributed by atoms with E-state index >= 15 is 0 Å². The summed E-state index contributed by atoms with van der Waals surface area (Å²) in [5, 5.41) is 0. The van der Waals surface area contributed by atoms with Gasteiger partial charge in [-0.05, 0) is 51.2 Å². The second kappa shape index (κ2) is 8.16. The van der Waals surface area contributed by atoms with Gasteiger partial charge in [0.1, 0.15) is 0 Å². The second-order valence-electron chi connectivity index (χ2n) is 10.3. The first-order valence-electron chi connectivity index (χ1n) is 11.7. The summed E-state index contributed by atoms with van der Waals surface area (Å²) >= 11 is 0. The molecule has 0 saturated carbocycles. The Bertz CT molecular complexity index is 920. The van der Waals surface area contributed by atoms with Gasteiger partial charge >= 0.3 is 0 Å². The predicted molar refractivity (Wildman–Crippen MR) is 122 cm³/mol. The highest BCUT2D eigenvalue weighted by Crippen LogP contribution is 2.58. The number of piperidine rings is 1. The third-order valence-corrected chi connectivity index (χ3v) is 9.80. The Kier molecular flexibility index (Phi) is 5.99. The molecular weight excluding hydrogens is 410 g/mol. The van der Waals surface area contributed by atoms with Crippen molar-refractivity contribution in [2.24, 2.45) is 16.7 Å². The van der Waals surface area contributed by atoms with Crippen LogP contribution in [0.25, 0.3) is 0 Å². The fraction of sp³-hybridized carbons (Fsp3) is 0.708. The van der Waals surface area contributed by atoms with Crippen molar-refractivity contribution in [2.45, 2.75) is 51.9 Å². The van der Waals surface area contributed by atoms with E-state index in [0.717, 1.165) is 57.5 Å². The smallest absolute Gasteiger partial charge is 0.243 e. The van der Waals surface area contributed by atoms with E-state index in [1.165, 1.54) is 0 Å². The van der Waals surface area contributed by atoms with Crippen molar-refractivity contribution < 1.29 is 13.2 Å². The van der Waals surface area contributed by atoms with Crippen LogP contribution in [0.15, 0.2) is 29.2 Å². The molecule has 3 fully saturated rings. The van der Waals surface area contributed by atoms with Crippen molar-refractivity contribution in [1.82, 2.24) is 14.1 Å². The summed E-state index contributed by atoms with van der Waals surface area (Å²) in [6, 6.07) is 7.11. The van der Waals surface area contributed by atoms with Gasteiger partial charge in [0.05, 0.1) is 10.3 Å². The molecule has 3 aliphatic heterocycles. The molecule has 3 saturated heterocycles. The van der Waals surface area contributed by atoms with Crippen LogP contribution in [-0.2, 0) is 14.8 Å². The Morgan fingerprint density at radius 2 is 1.65 bits per heavy atom. The Balaban J connectivity index is 1.58. The molecule has 1 unspecified atom stereocenters. The number of aryl methyl sites for hydroxylation is 1. The van der Waals surface area contributed by atoms with Crippen LogP contribution in [0.4, 0.5) is 0 Å². The van der Waals surface area contributed by atoms with E-state index in [-0.39, 0.29) is 10.8 Å². The van der Waals surface area contributed by atoms with Gasteiger partial charge in [-0.25, -0.2) is 8.42 Å². The van der Waals surface area contributed by atoms with E-state index < -0.39 is 10.0 Å². The van der Waals surface area contributed by atoms with Crippen LogP contribution in [0.5, 0.6) is 0 Å². The SMILES string of the molecule is CCN1CCC2(CN(CC(C)C)CC23CCN(S(=O)(=O)c2ccc(C)cc2)CC3)C1=O. The number of sulfonamides is 1. The third-order valence-electron chi connectivity index (χ3n) is 7.88. The molecule has 7 heteroatoms. The minimum atomic E-state index is -3.50. The normalized spacial score (nSPS) is 27.3. The second-order valence-corrected chi connectivity index (χ2v) is 12.2. The van der Waals surface area contributed by atoms with Gasteiger partial charge in [0.15, 0.2) is 0 Å². The molecule has 1 aromatic carbocycles. The van der Waals surface area contributed by atoms with E-state index in [1.54, 1.807) is 16.4 Å². The minimum Gasteiger partial charge on any atom is -0.342 e. The zero-order chi connectivity index (χ0) is 22.4. The number of likely N-dealkylation sites (tertiary alicyclic amines) is 2. The summed E-state index contributed by atoms with van der Waals surface area (Å²) < 4.78 is 28.1. The van der Waals surface area contributed by atoms with Gasteiger partial charge in [0.2, 0.25) is 15.9 Å². The molecule has 6 nitrogen and oxygen atoms in total. The zero-order valence-corrected chi connectivity index (χ0v) is 20.2. The molecule has 0 N–H and O–H groups in total. The molecule has 3 heterocycles. The lowest BCUT2D eigenvalue weighted by Crippen LogP contribution is -2.53. The van der Waals surface area contributed by atoms with Crippen molar-refractivity contribution in [1.29, 1.82) is 0 Å². The molecule has 172 valence electrons. The largest absolute Gasteiger partial charge is 0.342 e. The Labute approximate surface area is 187 Å². The average Bonchev–Trinajstić information content (AvgIpc) is 3.19. The number of carbonyl (C=O) groups is 1. The quantitative estimate of drug-likeness (QED) is 0.696. The summed E-state index contributed by atoms with van der Waals surface area (Å²) in [6.07, 6.45) is 2.42. The van der Waals surface area contributed by atoms with Crippen LogP contribution in [0.3, 0.4) is 0 Å². The lowest BCUT2D eigenvalue weighted by atomic mass is 9.60. The highest BCUT2D eigenvalue weighted by molar-refractivity contribution is 7.89. The molecule has 4 rings (SSSR count). The van der Waals surface area contributed by atoms with Crippen molar-refractivity contribution in [3.05, 3.63) is 29.8 Å². The topological polar surface area (TPSA) is 60.9 Å². The first-order chi connectivity index (χ1) is 14.6. The molecule has 0 bridgehead atoms. The summed E-state index contributed by atoms with van der Waals surface area (Å²) in [5.41, 5.74) is 0.578. The van der Waals surface area contributed by atoms with Crippen LogP contribution >= 0.6 is 0 Å². The average molecular weight is 448 g/mol. The molecule has 0 aliphatic carbocycles. The summed E-state index contributed by atoms with van der Waals surface area (Å²) in [4.78, 5) is 18.4.